The summed E-state index contributed by atoms with van der Waals surface area (Å²) < 4.78 is 0. The van der Waals surface area contributed by atoms with Crippen molar-refractivity contribution < 1.29 is 4.79 Å². The normalized spacial score (nSPS) is 10.1. The molecular weight excluding hydrogens is 244 g/mol. The van der Waals surface area contributed by atoms with Crippen molar-refractivity contribution in [2.24, 2.45) is 5.73 Å². The highest BCUT2D eigenvalue weighted by Gasteiger charge is 2.11. The third kappa shape index (κ3) is 4.11. The van der Waals surface area contributed by atoms with E-state index in [0.29, 0.717) is 11.4 Å². The van der Waals surface area contributed by atoms with Crippen molar-refractivity contribution in [3.05, 3.63) is 35.4 Å². The maximum absolute atomic E-state index is 12.0. The summed E-state index contributed by atoms with van der Waals surface area (Å²) in [6.07, 6.45) is 1.42. The van der Waals surface area contributed by atoms with E-state index in [1.807, 2.05) is 36.1 Å². The van der Waals surface area contributed by atoms with E-state index in [1.165, 1.54) is 0 Å². The van der Waals surface area contributed by atoms with Gasteiger partial charge in [0.25, 0.3) is 0 Å². The second-order valence-electron chi connectivity index (χ2n) is 4.21. The number of rotatable bonds is 6. The Morgan fingerprint density at radius 1 is 1.28 bits per heavy atom. The molecule has 4 heteroatoms. The molecular formula is C14H20N2OS. The number of amides is 1. The highest BCUT2D eigenvalue weighted by atomic mass is 32.1. The largest absolute Gasteiger partial charge is 0.389 e. The average Bonchev–Trinajstić information content (AvgIpc) is 2.36. The summed E-state index contributed by atoms with van der Waals surface area (Å²) in [5.74, 6) is 0.169. The van der Waals surface area contributed by atoms with Crippen molar-refractivity contribution in [2.45, 2.75) is 26.7 Å². The van der Waals surface area contributed by atoms with Gasteiger partial charge in [-0.05, 0) is 18.9 Å². The summed E-state index contributed by atoms with van der Waals surface area (Å²) in [5, 5.41) is 0. The molecule has 1 aromatic rings. The van der Waals surface area contributed by atoms with Crippen LogP contribution in [0.4, 0.5) is 0 Å². The Morgan fingerprint density at radius 2 is 1.89 bits per heavy atom. The molecule has 1 rings (SSSR count). The van der Waals surface area contributed by atoms with Crippen molar-refractivity contribution >= 4 is 23.1 Å². The highest BCUT2D eigenvalue weighted by Crippen LogP contribution is 2.07. The van der Waals surface area contributed by atoms with E-state index in [-0.39, 0.29) is 5.91 Å². The van der Waals surface area contributed by atoms with Crippen LogP contribution < -0.4 is 5.73 Å². The van der Waals surface area contributed by atoms with Gasteiger partial charge in [0.2, 0.25) is 5.91 Å². The van der Waals surface area contributed by atoms with Gasteiger partial charge in [0.05, 0.1) is 6.42 Å². The second kappa shape index (κ2) is 7.11. The fourth-order valence-electron chi connectivity index (χ4n) is 1.80. The maximum atomic E-state index is 12.0. The molecule has 0 saturated heterocycles. The fourth-order valence-corrected chi connectivity index (χ4v) is 1.94. The van der Waals surface area contributed by atoms with Crippen LogP contribution in [-0.4, -0.2) is 28.9 Å². The molecule has 98 valence electrons. The minimum atomic E-state index is 0.169. The van der Waals surface area contributed by atoms with E-state index in [0.717, 1.165) is 30.6 Å². The number of nitrogens with two attached hydrogens (primary N) is 1. The van der Waals surface area contributed by atoms with E-state index in [2.05, 4.69) is 6.92 Å². The predicted octanol–water partition coefficient (Wildman–Crippen LogP) is 2.12. The topological polar surface area (TPSA) is 46.3 Å². The Morgan fingerprint density at radius 3 is 2.33 bits per heavy atom. The molecule has 0 spiro atoms. The molecule has 1 aromatic carbocycles. The number of hydrogen-bond donors (Lipinski definition) is 1. The van der Waals surface area contributed by atoms with Gasteiger partial charge in [-0.1, -0.05) is 43.4 Å². The lowest BCUT2D eigenvalue weighted by Crippen LogP contribution is -2.32. The third-order valence-corrected chi connectivity index (χ3v) is 3.06. The minimum Gasteiger partial charge on any atom is -0.389 e. The lowest BCUT2D eigenvalue weighted by atomic mass is 10.1. The van der Waals surface area contributed by atoms with Crippen LogP contribution in [0, 0.1) is 0 Å². The van der Waals surface area contributed by atoms with Gasteiger partial charge in [0.1, 0.15) is 4.99 Å². The summed E-state index contributed by atoms with van der Waals surface area (Å²) in [6, 6.07) is 7.54. The summed E-state index contributed by atoms with van der Waals surface area (Å²) in [4.78, 5) is 14.3. The summed E-state index contributed by atoms with van der Waals surface area (Å²) in [5.41, 5.74) is 7.36. The average molecular weight is 264 g/mol. The molecule has 2 N–H and O–H groups in total. The summed E-state index contributed by atoms with van der Waals surface area (Å²) in [6.45, 7) is 5.66. The van der Waals surface area contributed by atoms with Gasteiger partial charge in [0, 0.05) is 18.7 Å². The van der Waals surface area contributed by atoms with Crippen molar-refractivity contribution in [1.29, 1.82) is 0 Å². The molecule has 0 atom stereocenters. The Labute approximate surface area is 114 Å². The molecule has 3 nitrogen and oxygen atoms in total. The highest BCUT2D eigenvalue weighted by molar-refractivity contribution is 7.80. The Balaban J connectivity index is 2.66. The van der Waals surface area contributed by atoms with Crippen molar-refractivity contribution in [1.82, 2.24) is 4.90 Å². The van der Waals surface area contributed by atoms with Gasteiger partial charge in [-0.2, -0.15) is 0 Å². The zero-order valence-corrected chi connectivity index (χ0v) is 11.8. The number of thiocarbonyl (C=S) groups is 1. The SMILES string of the molecule is CCCN(CC)C(=O)Cc1ccc(C(N)=S)cc1. The quantitative estimate of drug-likeness (QED) is 0.801. The van der Waals surface area contributed by atoms with E-state index >= 15 is 0 Å². The van der Waals surface area contributed by atoms with E-state index in [4.69, 9.17) is 18.0 Å². The molecule has 0 heterocycles. The first-order valence-corrected chi connectivity index (χ1v) is 6.65. The summed E-state index contributed by atoms with van der Waals surface area (Å²) in [7, 11) is 0. The van der Waals surface area contributed by atoms with E-state index in [9.17, 15) is 4.79 Å². The standard InChI is InChI=1S/C14H20N2OS/c1-3-9-16(4-2)13(17)10-11-5-7-12(8-6-11)14(15)18/h5-8H,3-4,9-10H2,1-2H3,(H2,15,18). The molecule has 0 aliphatic carbocycles. The molecule has 0 aliphatic heterocycles. The first-order valence-electron chi connectivity index (χ1n) is 6.25. The number of nitrogens with zero attached hydrogens (tertiary/aromatic N) is 1. The van der Waals surface area contributed by atoms with E-state index in [1.54, 1.807) is 0 Å². The van der Waals surface area contributed by atoms with Gasteiger partial charge in [-0.3, -0.25) is 4.79 Å². The smallest absolute Gasteiger partial charge is 0.226 e. The Kier molecular flexibility index (Phi) is 5.78. The zero-order chi connectivity index (χ0) is 13.5. The lowest BCUT2D eigenvalue weighted by Gasteiger charge is -2.20. The lowest BCUT2D eigenvalue weighted by molar-refractivity contribution is -0.130. The van der Waals surface area contributed by atoms with E-state index < -0.39 is 0 Å². The van der Waals surface area contributed by atoms with Gasteiger partial charge < -0.3 is 10.6 Å². The van der Waals surface area contributed by atoms with Crippen LogP contribution in [-0.2, 0) is 11.2 Å². The number of benzene rings is 1. The number of hydrogen-bond acceptors (Lipinski definition) is 2. The zero-order valence-electron chi connectivity index (χ0n) is 11.0. The van der Waals surface area contributed by atoms with Crippen LogP contribution in [0.5, 0.6) is 0 Å². The molecule has 0 unspecified atom stereocenters. The Hall–Kier alpha value is -1.42. The van der Waals surface area contributed by atoms with Crippen LogP contribution >= 0.6 is 12.2 Å². The second-order valence-corrected chi connectivity index (χ2v) is 4.65. The predicted molar refractivity (Wildman–Crippen MR) is 78.6 cm³/mol. The molecule has 0 bridgehead atoms. The molecule has 0 saturated carbocycles. The summed E-state index contributed by atoms with van der Waals surface area (Å²) >= 11 is 4.89. The number of likely N-dealkylation sites (N-methyl/N-ethyl adjacent to an activating group) is 1. The van der Waals surface area contributed by atoms with Gasteiger partial charge in [-0.15, -0.1) is 0 Å². The Bertz CT molecular complexity index is 414. The first kappa shape index (κ1) is 14.6. The van der Waals surface area contributed by atoms with Crippen LogP contribution in [0.25, 0.3) is 0 Å². The van der Waals surface area contributed by atoms with Gasteiger partial charge in [-0.25, -0.2) is 0 Å². The molecule has 0 aromatic heterocycles. The van der Waals surface area contributed by atoms with Crippen LogP contribution in [0.15, 0.2) is 24.3 Å². The van der Waals surface area contributed by atoms with Gasteiger partial charge in [0.15, 0.2) is 0 Å². The fraction of sp³-hybridized carbons (Fsp3) is 0.429. The van der Waals surface area contributed by atoms with Crippen LogP contribution in [0.2, 0.25) is 0 Å². The first-order chi connectivity index (χ1) is 8.58. The monoisotopic (exact) mass is 264 g/mol. The maximum Gasteiger partial charge on any atom is 0.226 e. The number of carbonyl (C=O) groups is 1. The minimum absolute atomic E-state index is 0.169. The third-order valence-electron chi connectivity index (χ3n) is 2.82. The molecule has 0 radical (unpaired) electrons. The molecule has 0 fully saturated rings. The van der Waals surface area contributed by atoms with Gasteiger partial charge >= 0.3 is 0 Å². The van der Waals surface area contributed by atoms with Crippen molar-refractivity contribution in [3.8, 4) is 0 Å². The van der Waals surface area contributed by atoms with Crippen LogP contribution in [0.3, 0.4) is 0 Å². The van der Waals surface area contributed by atoms with Crippen molar-refractivity contribution in [2.75, 3.05) is 13.1 Å². The molecule has 18 heavy (non-hydrogen) atoms. The molecule has 1 amide bonds. The van der Waals surface area contributed by atoms with Crippen molar-refractivity contribution in [3.63, 3.8) is 0 Å². The molecule has 0 aliphatic rings. The van der Waals surface area contributed by atoms with Crippen LogP contribution in [0.1, 0.15) is 31.4 Å². The number of carbonyl (C=O) groups excluding carboxylic acids is 1.